The maximum Gasteiger partial charge on any atom is 0.313 e. The van der Waals surface area contributed by atoms with Gasteiger partial charge in [0, 0.05) is 35.0 Å². The van der Waals surface area contributed by atoms with Gasteiger partial charge in [-0.15, -0.1) is 0 Å². The zero-order valence-electron chi connectivity index (χ0n) is 18.0. The van der Waals surface area contributed by atoms with Crippen molar-refractivity contribution in [2.24, 2.45) is 28.6 Å². The van der Waals surface area contributed by atoms with E-state index in [1.165, 1.54) is 0 Å². The van der Waals surface area contributed by atoms with Crippen LogP contribution in [-0.4, -0.2) is 94.5 Å². The second kappa shape index (κ2) is 9.09. The van der Waals surface area contributed by atoms with Crippen LogP contribution in [0.2, 0.25) is 0 Å². The number of esters is 1. The molecule has 0 bridgehead atoms. The number of rotatable bonds is 5. The van der Waals surface area contributed by atoms with Crippen molar-refractivity contribution in [1.82, 2.24) is 0 Å². The van der Waals surface area contributed by atoms with Crippen LogP contribution in [0.4, 0.5) is 0 Å². The zero-order chi connectivity index (χ0) is 21.8. The smallest absolute Gasteiger partial charge is 0.313 e. The van der Waals surface area contributed by atoms with Crippen LogP contribution in [0.25, 0.3) is 0 Å². The van der Waals surface area contributed by atoms with E-state index in [9.17, 15) is 33.1 Å². The quantitative estimate of drug-likeness (QED) is 0.204. The molecule has 10 heteroatoms. The predicted molar refractivity (Wildman–Crippen MR) is 110 cm³/mol. The SMILES string of the molecule is C=C1CC[C@@H]2[C@](C)(CO)[C@H](O)CC[C@@]2(C)[C@@H]1CC(C1C(=O)OC[C@H]1O)S(=O)(=O)O.[Na]. The van der Waals surface area contributed by atoms with Crippen molar-refractivity contribution in [2.75, 3.05) is 13.2 Å². The summed E-state index contributed by atoms with van der Waals surface area (Å²) in [5, 5.41) is 29.3. The van der Waals surface area contributed by atoms with Crippen molar-refractivity contribution in [3.05, 3.63) is 12.2 Å². The summed E-state index contributed by atoms with van der Waals surface area (Å²) in [5.41, 5.74) is -0.372. The second-order valence-electron chi connectivity index (χ2n) is 9.54. The van der Waals surface area contributed by atoms with E-state index in [1.807, 2.05) is 13.8 Å². The van der Waals surface area contributed by atoms with E-state index < -0.39 is 50.3 Å². The normalized spacial score (nSPS) is 42.8. The number of cyclic esters (lactones) is 1. The number of hydrogen-bond acceptors (Lipinski definition) is 7. The molecule has 0 aromatic carbocycles. The minimum atomic E-state index is -4.65. The molecule has 2 aliphatic carbocycles. The molecule has 0 spiro atoms. The van der Waals surface area contributed by atoms with Gasteiger partial charge in [0.2, 0.25) is 0 Å². The van der Waals surface area contributed by atoms with Gasteiger partial charge in [0.1, 0.15) is 23.9 Å². The first-order valence-electron chi connectivity index (χ1n) is 10.1. The molecule has 3 aliphatic rings. The fourth-order valence-electron chi connectivity index (χ4n) is 6.25. The van der Waals surface area contributed by atoms with Crippen LogP contribution in [0.1, 0.15) is 46.0 Å². The van der Waals surface area contributed by atoms with E-state index in [2.05, 4.69) is 6.58 Å². The Kier molecular flexibility index (Phi) is 7.96. The standard InChI is InChI=1S/C20H32O8S.Na/c1-11-4-5-15-19(2,7-6-16(23)20(15,3)10-21)12(11)8-14(29(25,26)27)17-13(22)9-28-18(17)24;/h12-17,21-23H,1,4-10H2,2-3H3,(H,25,26,27);/t12-,13-,14?,15+,16-,17?,19+,20+;/m1./s1. The van der Waals surface area contributed by atoms with Crippen molar-refractivity contribution in [1.29, 1.82) is 0 Å². The van der Waals surface area contributed by atoms with Crippen molar-refractivity contribution in [3.8, 4) is 0 Å². The van der Waals surface area contributed by atoms with Gasteiger partial charge in [-0.25, -0.2) is 0 Å². The summed E-state index contributed by atoms with van der Waals surface area (Å²) >= 11 is 0. The monoisotopic (exact) mass is 455 g/mol. The van der Waals surface area contributed by atoms with Gasteiger partial charge in [-0.1, -0.05) is 26.0 Å². The first-order chi connectivity index (χ1) is 13.4. The van der Waals surface area contributed by atoms with Crippen molar-refractivity contribution in [2.45, 2.75) is 63.4 Å². The summed E-state index contributed by atoms with van der Waals surface area (Å²) in [6.45, 7) is 7.52. The number of aliphatic hydroxyl groups is 3. The van der Waals surface area contributed by atoms with Crippen molar-refractivity contribution < 1.29 is 37.8 Å². The van der Waals surface area contributed by atoms with Gasteiger partial charge in [0.05, 0.1) is 12.7 Å². The average molecular weight is 456 g/mol. The van der Waals surface area contributed by atoms with Crippen LogP contribution in [0, 0.1) is 28.6 Å². The summed E-state index contributed by atoms with van der Waals surface area (Å²) in [6, 6.07) is 0. The Morgan fingerprint density at radius 2 is 1.90 bits per heavy atom. The molecule has 3 fully saturated rings. The second-order valence-corrected chi connectivity index (χ2v) is 11.2. The number of ether oxygens (including phenoxy) is 1. The molecule has 8 nitrogen and oxygen atoms in total. The van der Waals surface area contributed by atoms with E-state index in [0.717, 1.165) is 5.57 Å². The molecule has 1 aliphatic heterocycles. The Labute approximate surface area is 200 Å². The number of fused-ring (bicyclic) bond motifs is 1. The van der Waals surface area contributed by atoms with Gasteiger partial charge in [-0.3, -0.25) is 9.35 Å². The number of carbonyl (C=O) groups is 1. The maximum absolute atomic E-state index is 12.2. The minimum Gasteiger partial charge on any atom is -0.463 e. The van der Waals surface area contributed by atoms with Crippen LogP contribution in [-0.2, 0) is 19.6 Å². The van der Waals surface area contributed by atoms with Gasteiger partial charge in [0.25, 0.3) is 10.1 Å². The molecule has 30 heavy (non-hydrogen) atoms. The van der Waals surface area contributed by atoms with E-state index in [-0.39, 0.29) is 61.0 Å². The molecule has 2 saturated carbocycles. The Morgan fingerprint density at radius 1 is 1.27 bits per heavy atom. The third-order valence-electron chi connectivity index (χ3n) is 8.03. The Bertz CT molecular complexity index is 786. The Hall–Kier alpha value is 0. The molecule has 1 saturated heterocycles. The fraction of sp³-hybridized carbons (Fsp3) is 0.850. The summed E-state index contributed by atoms with van der Waals surface area (Å²) in [4.78, 5) is 12.1. The topological polar surface area (TPSA) is 141 Å². The van der Waals surface area contributed by atoms with E-state index in [1.54, 1.807) is 0 Å². The Morgan fingerprint density at radius 3 is 2.40 bits per heavy atom. The summed E-state index contributed by atoms with van der Waals surface area (Å²) in [7, 11) is -4.65. The van der Waals surface area contributed by atoms with Crippen LogP contribution >= 0.6 is 0 Å². The molecule has 4 N–H and O–H groups in total. The first kappa shape index (κ1) is 26.3. The maximum atomic E-state index is 12.2. The van der Waals surface area contributed by atoms with Crippen molar-refractivity contribution in [3.63, 3.8) is 0 Å². The van der Waals surface area contributed by atoms with E-state index >= 15 is 0 Å². The van der Waals surface area contributed by atoms with Gasteiger partial charge in [0.15, 0.2) is 0 Å². The van der Waals surface area contributed by atoms with Crippen LogP contribution in [0.5, 0.6) is 0 Å². The van der Waals surface area contributed by atoms with Gasteiger partial charge < -0.3 is 20.1 Å². The van der Waals surface area contributed by atoms with Gasteiger partial charge in [-0.2, -0.15) is 8.42 Å². The fourth-order valence-corrected chi connectivity index (χ4v) is 7.34. The van der Waals surface area contributed by atoms with Crippen LogP contribution in [0.3, 0.4) is 0 Å². The zero-order valence-corrected chi connectivity index (χ0v) is 20.8. The number of hydrogen-bond donors (Lipinski definition) is 4. The van der Waals surface area contributed by atoms with Crippen LogP contribution in [0.15, 0.2) is 12.2 Å². The minimum absolute atomic E-state index is 0. The van der Waals surface area contributed by atoms with Crippen LogP contribution < -0.4 is 0 Å². The molecule has 0 amide bonds. The van der Waals surface area contributed by atoms with Crippen molar-refractivity contribution >= 4 is 45.6 Å². The summed E-state index contributed by atoms with van der Waals surface area (Å²) < 4.78 is 39.2. The molecule has 0 aromatic rings. The summed E-state index contributed by atoms with van der Waals surface area (Å²) in [5.74, 6) is -2.61. The molecule has 8 atom stereocenters. The predicted octanol–water partition coefficient (Wildman–Crippen LogP) is 0.528. The molecular formula is C20H32NaO8S. The average Bonchev–Trinajstić information content (AvgIpc) is 2.95. The number of carbonyl (C=O) groups excluding carboxylic acids is 1. The number of aliphatic hydroxyl groups excluding tert-OH is 3. The molecular weight excluding hydrogens is 423 g/mol. The molecule has 1 radical (unpaired) electrons. The third kappa shape index (κ3) is 4.29. The van der Waals surface area contributed by atoms with E-state index in [0.29, 0.717) is 25.7 Å². The summed E-state index contributed by atoms with van der Waals surface area (Å²) in [6.07, 6.45) is 0.339. The molecule has 2 unspecified atom stereocenters. The molecule has 3 rings (SSSR count). The molecule has 167 valence electrons. The molecule has 0 aromatic heterocycles. The van der Waals surface area contributed by atoms with E-state index in [4.69, 9.17) is 4.74 Å². The number of allylic oxidation sites excluding steroid dienone is 1. The largest absolute Gasteiger partial charge is 0.463 e. The Balaban J connectivity index is 0.00000320. The van der Waals surface area contributed by atoms with Gasteiger partial charge in [-0.05, 0) is 49.4 Å². The first-order valence-corrected chi connectivity index (χ1v) is 11.6. The third-order valence-corrected chi connectivity index (χ3v) is 9.28. The molecule has 1 heterocycles. The van der Waals surface area contributed by atoms with Gasteiger partial charge >= 0.3 is 5.97 Å².